The van der Waals surface area contributed by atoms with E-state index in [0.29, 0.717) is 19.5 Å². The summed E-state index contributed by atoms with van der Waals surface area (Å²) in [6.45, 7) is 6.08. The van der Waals surface area contributed by atoms with Gasteiger partial charge in [-0.3, -0.25) is 4.79 Å². The quantitative estimate of drug-likeness (QED) is 0.345. The lowest BCUT2D eigenvalue weighted by atomic mass is 9.90. The SMILES string of the molecule is CCNC(=NCc1cnc(C)s1)NCC1CC(=O)Nc2ccccc21.I. The second-order valence-electron chi connectivity index (χ2n) is 5.96. The molecule has 1 atom stereocenters. The fourth-order valence-corrected chi connectivity index (χ4v) is 3.60. The summed E-state index contributed by atoms with van der Waals surface area (Å²) in [5, 5.41) is 10.6. The van der Waals surface area contributed by atoms with Crippen LogP contribution in [0.2, 0.25) is 0 Å². The Kier molecular flexibility index (Phi) is 7.83. The number of hydrogen-bond donors (Lipinski definition) is 3. The highest BCUT2D eigenvalue weighted by molar-refractivity contribution is 14.0. The Bertz CT molecular complexity index is 776. The van der Waals surface area contributed by atoms with Gasteiger partial charge in [0.1, 0.15) is 0 Å². The summed E-state index contributed by atoms with van der Waals surface area (Å²) in [5.41, 5.74) is 2.08. The molecule has 0 spiro atoms. The zero-order chi connectivity index (χ0) is 17.6. The number of nitrogens with zero attached hydrogens (tertiary/aromatic N) is 2. The molecule has 0 radical (unpaired) electrons. The van der Waals surface area contributed by atoms with Crippen LogP contribution >= 0.6 is 35.3 Å². The third-order valence-electron chi connectivity index (χ3n) is 4.03. The predicted molar refractivity (Wildman–Crippen MR) is 118 cm³/mol. The van der Waals surface area contributed by atoms with Crippen LogP contribution in [0.15, 0.2) is 35.5 Å². The molecule has 0 saturated heterocycles. The van der Waals surface area contributed by atoms with Crippen LogP contribution in [0, 0.1) is 6.92 Å². The first-order chi connectivity index (χ1) is 12.2. The number of amides is 1. The number of guanidine groups is 1. The number of para-hydroxylation sites is 1. The molecule has 0 fully saturated rings. The Hall–Kier alpha value is -1.68. The van der Waals surface area contributed by atoms with Crippen LogP contribution in [0.25, 0.3) is 0 Å². The lowest BCUT2D eigenvalue weighted by Gasteiger charge is -2.26. The zero-order valence-electron chi connectivity index (χ0n) is 14.9. The van der Waals surface area contributed by atoms with Gasteiger partial charge < -0.3 is 16.0 Å². The van der Waals surface area contributed by atoms with E-state index in [0.717, 1.165) is 28.1 Å². The average Bonchev–Trinajstić information content (AvgIpc) is 3.02. The van der Waals surface area contributed by atoms with E-state index in [1.54, 1.807) is 11.3 Å². The van der Waals surface area contributed by atoms with Crippen LogP contribution in [-0.4, -0.2) is 29.9 Å². The second-order valence-corrected chi connectivity index (χ2v) is 7.28. The molecule has 140 valence electrons. The van der Waals surface area contributed by atoms with Gasteiger partial charge in [-0.1, -0.05) is 18.2 Å². The summed E-state index contributed by atoms with van der Waals surface area (Å²) >= 11 is 1.66. The number of benzene rings is 1. The van der Waals surface area contributed by atoms with E-state index in [1.807, 2.05) is 38.2 Å². The summed E-state index contributed by atoms with van der Waals surface area (Å²) in [6, 6.07) is 7.97. The van der Waals surface area contributed by atoms with E-state index in [9.17, 15) is 4.79 Å². The van der Waals surface area contributed by atoms with Crippen molar-refractivity contribution in [3.8, 4) is 0 Å². The molecule has 1 aliphatic rings. The van der Waals surface area contributed by atoms with Crippen LogP contribution in [0.5, 0.6) is 0 Å². The van der Waals surface area contributed by atoms with Crippen LogP contribution in [0.3, 0.4) is 0 Å². The summed E-state index contributed by atoms with van der Waals surface area (Å²) in [6.07, 6.45) is 2.35. The van der Waals surface area contributed by atoms with Crippen LogP contribution in [-0.2, 0) is 11.3 Å². The molecular weight excluding hydrogens is 461 g/mol. The molecule has 1 aromatic heterocycles. The molecule has 0 aliphatic carbocycles. The van der Waals surface area contributed by atoms with Crippen molar-refractivity contribution >= 4 is 52.9 Å². The van der Waals surface area contributed by atoms with Gasteiger partial charge in [0, 0.05) is 42.2 Å². The van der Waals surface area contributed by atoms with Crippen molar-refractivity contribution in [3.63, 3.8) is 0 Å². The summed E-state index contributed by atoms with van der Waals surface area (Å²) in [5.74, 6) is 0.962. The number of aromatic nitrogens is 1. The maximum Gasteiger partial charge on any atom is 0.225 e. The molecule has 26 heavy (non-hydrogen) atoms. The Morgan fingerprint density at radius 2 is 2.19 bits per heavy atom. The Morgan fingerprint density at radius 1 is 1.38 bits per heavy atom. The Morgan fingerprint density at radius 3 is 2.92 bits per heavy atom. The average molecular weight is 485 g/mol. The molecule has 1 aliphatic heterocycles. The van der Waals surface area contributed by atoms with Crippen molar-refractivity contribution < 1.29 is 4.79 Å². The van der Waals surface area contributed by atoms with Crippen LogP contribution < -0.4 is 16.0 Å². The number of anilines is 1. The molecule has 2 heterocycles. The standard InChI is InChI=1S/C18H23N5OS.HI/c1-3-19-18(22-11-14-10-20-12(2)25-14)21-9-13-8-17(24)23-16-7-5-4-6-15(13)16;/h4-7,10,13H,3,8-9,11H2,1-2H3,(H,23,24)(H2,19,21,22);1H. The molecular formula is C18H24IN5OS. The van der Waals surface area contributed by atoms with Crippen molar-refractivity contribution in [2.75, 3.05) is 18.4 Å². The smallest absolute Gasteiger partial charge is 0.225 e. The maximum absolute atomic E-state index is 11.9. The number of carbonyl (C=O) groups excluding carboxylic acids is 1. The highest BCUT2D eigenvalue weighted by Gasteiger charge is 2.24. The fourth-order valence-electron chi connectivity index (χ4n) is 2.88. The van der Waals surface area contributed by atoms with Crippen molar-refractivity contribution in [3.05, 3.63) is 45.9 Å². The van der Waals surface area contributed by atoms with Gasteiger partial charge in [-0.05, 0) is 25.5 Å². The molecule has 1 aromatic carbocycles. The first-order valence-corrected chi connectivity index (χ1v) is 9.29. The summed E-state index contributed by atoms with van der Waals surface area (Å²) in [7, 11) is 0. The lowest BCUT2D eigenvalue weighted by molar-refractivity contribution is -0.116. The van der Waals surface area contributed by atoms with E-state index in [2.05, 4.69) is 32.0 Å². The Labute approximate surface area is 174 Å². The maximum atomic E-state index is 11.9. The molecule has 6 nitrogen and oxygen atoms in total. The van der Waals surface area contributed by atoms with Gasteiger partial charge in [-0.2, -0.15) is 0 Å². The van der Waals surface area contributed by atoms with E-state index in [4.69, 9.17) is 0 Å². The molecule has 3 N–H and O–H groups in total. The minimum absolute atomic E-state index is 0. The van der Waals surface area contributed by atoms with Crippen molar-refractivity contribution in [2.24, 2.45) is 4.99 Å². The largest absolute Gasteiger partial charge is 0.357 e. The monoisotopic (exact) mass is 485 g/mol. The van der Waals surface area contributed by atoms with Crippen molar-refractivity contribution in [2.45, 2.75) is 32.7 Å². The topological polar surface area (TPSA) is 78.4 Å². The third kappa shape index (κ3) is 5.41. The molecule has 2 aromatic rings. The number of aliphatic imine (C=N–C) groups is 1. The van der Waals surface area contributed by atoms with Gasteiger partial charge in [0.2, 0.25) is 5.91 Å². The number of hydrogen-bond acceptors (Lipinski definition) is 4. The van der Waals surface area contributed by atoms with Crippen LogP contribution in [0.4, 0.5) is 5.69 Å². The zero-order valence-corrected chi connectivity index (χ0v) is 18.1. The van der Waals surface area contributed by atoms with Crippen molar-refractivity contribution in [1.82, 2.24) is 15.6 Å². The molecule has 1 amide bonds. The Balaban J connectivity index is 0.00000243. The molecule has 3 rings (SSSR count). The fraction of sp³-hybridized carbons (Fsp3) is 0.389. The lowest BCUT2D eigenvalue weighted by Crippen LogP contribution is -2.40. The third-order valence-corrected chi connectivity index (χ3v) is 4.93. The van der Waals surface area contributed by atoms with Gasteiger partial charge in [0.05, 0.1) is 11.6 Å². The number of fused-ring (bicyclic) bond motifs is 1. The van der Waals surface area contributed by atoms with Gasteiger partial charge in [-0.15, -0.1) is 35.3 Å². The molecule has 0 saturated carbocycles. The van der Waals surface area contributed by atoms with E-state index in [1.165, 1.54) is 5.56 Å². The normalized spacial score (nSPS) is 16.3. The summed E-state index contributed by atoms with van der Waals surface area (Å²) < 4.78 is 0. The molecule has 1 unspecified atom stereocenters. The first kappa shape index (κ1) is 20.6. The number of rotatable bonds is 5. The van der Waals surface area contributed by atoms with E-state index < -0.39 is 0 Å². The number of halogens is 1. The number of aryl methyl sites for hydroxylation is 1. The van der Waals surface area contributed by atoms with Crippen LogP contribution in [0.1, 0.15) is 34.7 Å². The van der Waals surface area contributed by atoms with Gasteiger partial charge in [0.25, 0.3) is 0 Å². The second kappa shape index (κ2) is 9.86. The highest BCUT2D eigenvalue weighted by atomic mass is 127. The number of nitrogens with one attached hydrogen (secondary N) is 3. The first-order valence-electron chi connectivity index (χ1n) is 8.48. The minimum atomic E-state index is 0. The number of thiazole rings is 1. The predicted octanol–water partition coefficient (Wildman–Crippen LogP) is 3.25. The van der Waals surface area contributed by atoms with E-state index in [-0.39, 0.29) is 35.8 Å². The highest BCUT2D eigenvalue weighted by Crippen LogP contribution is 2.31. The summed E-state index contributed by atoms with van der Waals surface area (Å²) in [4.78, 5) is 21.9. The van der Waals surface area contributed by atoms with Gasteiger partial charge in [0.15, 0.2) is 5.96 Å². The van der Waals surface area contributed by atoms with Gasteiger partial charge >= 0.3 is 0 Å². The molecule has 0 bridgehead atoms. The van der Waals surface area contributed by atoms with Gasteiger partial charge in [-0.25, -0.2) is 9.98 Å². The minimum Gasteiger partial charge on any atom is -0.357 e. The van der Waals surface area contributed by atoms with E-state index >= 15 is 0 Å². The van der Waals surface area contributed by atoms with Crippen molar-refractivity contribution in [1.29, 1.82) is 0 Å². The molecule has 8 heteroatoms. The number of carbonyl (C=O) groups is 1.